The Morgan fingerprint density at radius 3 is 2.30 bits per heavy atom. The monoisotopic (exact) mass is 465 g/mol. The lowest BCUT2D eigenvalue weighted by Gasteiger charge is -2.28. The smallest absolute Gasteiger partial charge is 0.374 e. The van der Waals surface area contributed by atoms with Gasteiger partial charge >= 0.3 is 8.80 Å². The highest BCUT2D eigenvalue weighted by Gasteiger charge is 2.39. The van der Waals surface area contributed by atoms with Crippen LogP contribution in [0.25, 0.3) is 0 Å². The Hall–Kier alpha value is 0.677. The maximum atomic E-state index is 5.90. The Balaban J connectivity index is 1.52. The summed E-state index contributed by atoms with van der Waals surface area (Å²) in [5.41, 5.74) is 1.40. The van der Waals surface area contributed by atoms with Gasteiger partial charge in [0, 0.05) is 44.7 Å². The quantitative estimate of drug-likeness (QED) is 0.128. The minimum atomic E-state index is -2.46. The minimum Gasteiger partial charge on any atom is -0.374 e. The van der Waals surface area contributed by atoms with E-state index >= 15 is 0 Å². The van der Waals surface area contributed by atoms with E-state index in [2.05, 4.69) is 35.2 Å². The van der Waals surface area contributed by atoms with Gasteiger partial charge in [-0.05, 0) is 52.4 Å². The predicted molar refractivity (Wildman–Crippen MR) is 126 cm³/mol. The molecule has 0 aliphatic carbocycles. The molecule has 0 spiro atoms. The normalized spacial score (nSPS) is 19.4. The van der Waals surface area contributed by atoms with Crippen LogP contribution in [0.5, 0.6) is 0 Å². The van der Waals surface area contributed by atoms with E-state index in [4.69, 9.17) is 13.3 Å². The van der Waals surface area contributed by atoms with Crippen molar-refractivity contribution in [3.05, 3.63) is 35.9 Å². The van der Waals surface area contributed by atoms with Crippen LogP contribution >= 0.6 is 41.2 Å². The average Bonchev–Trinajstić information content (AvgIpc) is 3.40. The van der Waals surface area contributed by atoms with Crippen LogP contribution in [0.1, 0.15) is 32.8 Å². The zero-order chi connectivity index (χ0) is 19.4. The van der Waals surface area contributed by atoms with Gasteiger partial charge < -0.3 is 13.3 Å². The van der Waals surface area contributed by atoms with Crippen LogP contribution in [0, 0.1) is 0 Å². The van der Waals surface area contributed by atoms with Crippen molar-refractivity contribution in [3.8, 4) is 0 Å². The Morgan fingerprint density at radius 1 is 1.00 bits per heavy atom. The van der Waals surface area contributed by atoms with Crippen LogP contribution in [-0.4, -0.2) is 51.2 Å². The van der Waals surface area contributed by atoms with Gasteiger partial charge in [0.25, 0.3) is 0 Å². The van der Waals surface area contributed by atoms with E-state index in [0.29, 0.717) is 25.2 Å². The maximum Gasteiger partial charge on any atom is 0.500 e. The third kappa shape index (κ3) is 9.35. The van der Waals surface area contributed by atoms with E-state index in [1.165, 1.54) is 12.1 Å². The molecule has 27 heavy (non-hydrogen) atoms. The lowest BCUT2D eigenvalue weighted by molar-refractivity contribution is 0.0712. The maximum absolute atomic E-state index is 5.90. The van der Waals surface area contributed by atoms with Gasteiger partial charge in [0.2, 0.25) is 0 Å². The van der Waals surface area contributed by atoms with Crippen molar-refractivity contribution in [2.75, 3.05) is 32.1 Å². The zero-order valence-electron chi connectivity index (χ0n) is 16.4. The van der Waals surface area contributed by atoms with Crippen LogP contribution in [0.3, 0.4) is 0 Å². The molecule has 2 rings (SSSR count). The second-order valence-electron chi connectivity index (χ2n) is 6.01. The van der Waals surface area contributed by atoms with Crippen molar-refractivity contribution in [3.63, 3.8) is 0 Å². The fraction of sp³-hybridized carbons (Fsp3) is 0.667. The summed E-state index contributed by atoms with van der Waals surface area (Å²) < 4.78 is 17.7. The molecule has 1 heterocycles. The summed E-state index contributed by atoms with van der Waals surface area (Å²) in [6.07, 6.45) is 1.07. The molecular formula is C18H31NO3S4Si. The second kappa shape index (κ2) is 13.8. The summed E-state index contributed by atoms with van der Waals surface area (Å²) >= 11 is 0. The summed E-state index contributed by atoms with van der Waals surface area (Å²) in [7, 11) is 5.22. The highest BCUT2D eigenvalue weighted by molar-refractivity contribution is 9.26. The molecule has 1 aromatic rings. The Morgan fingerprint density at radius 2 is 1.67 bits per heavy atom. The third-order valence-electron chi connectivity index (χ3n) is 3.92. The summed E-state index contributed by atoms with van der Waals surface area (Å²) in [5.74, 6) is 1.10. The first-order valence-corrected chi connectivity index (χ1v) is 16.5. The van der Waals surface area contributed by atoms with Crippen molar-refractivity contribution in [2.45, 2.75) is 45.2 Å². The van der Waals surface area contributed by atoms with Crippen molar-refractivity contribution in [1.82, 2.24) is 4.90 Å². The van der Waals surface area contributed by atoms with Crippen LogP contribution < -0.4 is 0 Å². The third-order valence-corrected chi connectivity index (χ3v) is 13.9. The van der Waals surface area contributed by atoms with Crippen molar-refractivity contribution in [1.29, 1.82) is 0 Å². The van der Waals surface area contributed by atoms with Gasteiger partial charge in [-0.15, -0.1) is 0 Å². The van der Waals surface area contributed by atoms with Gasteiger partial charge in [0.05, 0.1) is 5.37 Å². The molecule has 2 atom stereocenters. The SMILES string of the molecule is CCO[Si](CCCSSSSC1CN1Cc1ccccc1)(OCC)OCC. The number of rotatable bonds is 16. The Bertz CT molecular complexity index is 498. The van der Waals surface area contributed by atoms with Gasteiger partial charge in [-0.25, -0.2) is 0 Å². The molecule has 1 aliphatic heterocycles. The van der Waals surface area contributed by atoms with Crippen molar-refractivity contribution >= 4 is 50.0 Å². The van der Waals surface area contributed by atoms with E-state index in [9.17, 15) is 0 Å². The summed E-state index contributed by atoms with van der Waals surface area (Å²) in [6, 6.07) is 11.6. The minimum absolute atomic E-state index is 0.654. The average molecular weight is 466 g/mol. The van der Waals surface area contributed by atoms with Crippen LogP contribution in [0.15, 0.2) is 30.3 Å². The molecule has 0 amide bonds. The van der Waals surface area contributed by atoms with E-state index < -0.39 is 8.80 Å². The van der Waals surface area contributed by atoms with Gasteiger partial charge in [0.15, 0.2) is 0 Å². The molecule has 0 radical (unpaired) electrons. The first-order chi connectivity index (χ1) is 13.2. The standard InChI is InChI=1S/C18H31NO3S4Si/c1-4-20-27(21-5-2,22-6-3)14-10-13-23-25-26-24-18-16-19(18)15-17-11-8-7-9-12-17/h7-9,11-12,18H,4-6,10,13-16H2,1-3H3. The van der Waals surface area contributed by atoms with Gasteiger partial charge in [-0.3, -0.25) is 4.90 Å². The highest BCUT2D eigenvalue weighted by Crippen LogP contribution is 2.49. The molecule has 2 unspecified atom stereocenters. The molecule has 1 aromatic carbocycles. The van der Waals surface area contributed by atoms with E-state index in [1.54, 1.807) is 0 Å². The first kappa shape index (κ1) is 24.0. The molecule has 0 saturated carbocycles. The highest BCUT2D eigenvalue weighted by atomic mass is 33.7. The number of hydrogen-bond donors (Lipinski definition) is 0. The second-order valence-corrected chi connectivity index (χ2v) is 14.9. The van der Waals surface area contributed by atoms with Crippen LogP contribution in [0.4, 0.5) is 0 Å². The van der Waals surface area contributed by atoms with E-state index in [0.717, 1.165) is 24.8 Å². The first-order valence-electron chi connectivity index (χ1n) is 9.54. The molecule has 0 aromatic heterocycles. The molecule has 1 aliphatic rings. The van der Waals surface area contributed by atoms with E-state index in [-0.39, 0.29) is 0 Å². The number of nitrogens with zero attached hydrogens (tertiary/aromatic N) is 1. The fourth-order valence-corrected chi connectivity index (χ4v) is 12.1. The van der Waals surface area contributed by atoms with Crippen molar-refractivity contribution in [2.24, 2.45) is 0 Å². The van der Waals surface area contributed by atoms with Gasteiger partial charge in [-0.2, -0.15) is 0 Å². The topological polar surface area (TPSA) is 30.7 Å². The summed E-state index contributed by atoms with van der Waals surface area (Å²) in [5, 5.41) is 0.664. The fourth-order valence-electron chi connectivity index (χ4n) is 2.69. The van der Waals surface area contributed by atoms with Gasteiger partial charge in [-0.1, -0.05) is 51.9 Å². The molecule has 0 bridgehead atoms. The molecule has 0 N–H and O–H groups in total. The Kier molecular flexibility index (Phi) is 12.3. The molecule has 1 saturated heterocycles. The molecule has 154 valence electrons. The summed E-state index contributed by atoms with van der Waals surface area (Å²) in [6.45, 7) is 10.3. The lowest BCUT2D eigenvalue weighted by atomic mass is 10.2. The van der Waals surface area contributed by atoms with E-state index in [1.807, 2.05) is 62.0 Å². The summed E-state index contributed by atoms with van der Waals surface area (Å²) in [4.78, 5) is 2.50. The van der Waals surface area contributed by atoms with Crippen molar-refractivity contribution < 1.29 is 13.3 Å². The number of hydrogen-bond acceptors (Lipinski definition) is 8. The van der Waals surface area contributed by atoms with Crippen LogP contribution in [0.2, 0.25) is 6.04 Å². The van der Waals surface area contributed by atoms with Gasteiger partial charge in [0.1, 0.15) is 0 Å². The zero-order valence-corrected chi connectivity index (χ0v) is 20.7. The molecule has 9 heteroatoms. The van der Waals surface area contributed by atoms with Crippen LogP contribution in [-0.2, 0) is 19.8 Å². The predicted octanol–water partition coefficient (Wildman–Crippen LogP) is 5.94. The lowest BCUT2D eigenvalue weighted by Crippen LogP contribution is -2.46. The largest absolute Gasteiger partial charge is 0.500 e. The molecule has 4 nitrogen and oxygen atoms in total. The molecular weight excluding hydrogens is 435 g/mol. The molecule has 1 fully saturated rings. The Labute approximate surface area is 180 Å². The number of benzene rings is 1.